The van der Waals surface area contributed by atoms with Crippen LogP contribution >= 0.6 is 0 Å². The highest BCUT2D eigenvalue weighted by atomic mass is 16.5. The van der Waals surface area contributed by atoms with Crippen LogP contribution in [0, 0.1) is 6.92 Å². The van der Waals surface area contributed by atoms with Gasteiger partial charge in [0.2, 0.25) is 5.88 Å². The molecule has 0 radical (unpaired) electrons. The molecule has 5 heteroatoms. The first-order valence-corrected chi connectivity index (χ1v) is 5.13. The number of carboxylic acids is 1. The van der Waals surface area contributed by atoms with Crippen molar-refractivity contribution in [1.29, 1.82) is 0 Å². The quantitative estimate of drug-likeness (QED) is 0.869. The Morgan fingerprint density at radius 1 is 1.41 bits per heavy atom. The van der Waals surface area contributed by atoms with Gasteiger partial charge in [0.15, 0.2) is 0 Å². The molecule has 0 aliphatic rings. The molecule has 0 amide bonds. The van der Waals surface area contributed by atoms with Gasteiger partial charge >= 0.3 is 5.97 Å². The van der Waals surface area contributed by atoms with Crippen molar-refractivity contribution in [3.05, 3.63) is 29.6 Å². The second-order valence-corrected chi connectivity index (χ2v) is 3.74. The number of carbonyl (C=O) groups is 1. The van der Waals surface area contributed by atoms with Crippen LogP contribution in [0.25, 0.3) is 10.9 Å². The van der Waals surface area contributed by atoms with Gasteiger partial charge in [-0.3, -0.25) is 4.79 Å². The predicted molar refractivity (Wildman–Crippen MR) is 62.2 cm³/mol. The average molecular weight is 232 g/mol. The largest absolute Gasteiger partial charge is 0.481 e. The van der Waals surface area contributed by atoms with Crippen molar-refractivity contribution < 1.29 is 14.6 Å². The van der Waals surface area contributed by atoms with Crippen LogP contribution in [0.1, 0.15) is 11.4 Å². The van der Waals surface area contributed by atoms with Crippen LogP contribution in [0.15, 0.2) is 18.2 Å². The fourth-order valence-electron chi connectivity index (χ4n) is 1.63. The molecule has 2 aromatic rings. The number of aromatic nitrogens is 2. The van der Waals surface area contributed by atoms with Crippen LogP contribution in [-0.2, 0) is 11.2 Å². The highest BCUT2D eigenvalue weighted by molar-refractivity contribution is 5.84. The van der Waals surface area contributed by atoms with Gasteiger partial charge in [-0.15, -0.1) is 0 Å². The van der Waals surface area contributed by atoms with E-state index in [2.05, 4.69) is 9.97 Å². The Morgan fingerprint density at radius 3 is 2.82 bits per heavy atom. The lowest BCUT2D eigenvalue weighted by Crippen LogP contribution is -2.06. The summed E-state index contributed by atoms with van der Waals surface area (Å²) in [5.74, 6) is -0.294. The third-order valence-electron chi connectivity index (χ3n) is 2.37. The summed E-state index contributed by atoms with van der Waals surface area (Å²) in [6, 6.07) is 5.68. The molecular weight excluding hydrogens is 220 g/mol. The van der Waals surface area contributed by atoms with Gasteiger partial charge in [0.05, 0.1) is 18.0 Å². The Bertz CT molecular complexity index is 581. The number of nitrogens with zero attached hydrogens (tertiary/aromatic N) is 2. The zero-order valence-electron chi connectivity index (χ0n) is 9.60. The summed E-state index contributed by atoms with van der Waals surface area (Å²) in [4.78, 5) is 18.9. The van der Waals surface area contributed by atoms with Gasteiger partial charge in [0.1, 0.15) is 12.2 Å². The highest BCUT2D eigenvalue weighted by Crippen LogP contribution is 2.23. The zero-order chi connectivity index (χ0) is 12.4. The molecule has 0 bridgehead atoms. The number of aliphatic carboxylic acids is 1. The third kappa shape index (κ3) is 2.33. The third-order valence-corrected chi connectivity index (χ3v) is 2.37. The average Bonchev–Trinajstić information content (AvgIpc) is 2.26. The molecule has 1 N–H and O–H groups in total. The fraction of sp³-hybridized carbons (Fsp3) is 0.250. The minimum Gasteiger partial charge on any atom is -0.481 e. The van der Waals surface area contributed by atoms with Gasteiger partial charge in [-0.05, 0) is 24.6 Å². The van der Waals surface area contributed by atoms with Crippen LogP contribution in [0.5, 0.6) is 5.88 Å². The summed E-state index contributed by atoms with van der Waals surface area (Å²) in [5, 5.41) is 9.52. The Kier molecular flexibility index (Phi) is 2.91. The van der Waals surface area contributed by atoms with E-state index < -0.39 is 5.97 Å². The molecule has 88 valence electrons. The molecule has 1 aromatic carbocycles. The van der Waals surface area contributed by atoms with Gasteiger partial charge < -0.3 is 9.84 Å². The summed E-state index contributed by atoms with van der Waals surface area (Å²) < 4.78 is 5.15. The molecule has 0 aliphatic carbocycles. The Balaban J connectivity index is 2.62. The monoisotopic (exact) mass is 232 g/mol. The molecule has 0 unspecified atom stereocenters. The van der Waals surface area contributed by atoms with Gasteiger partial charge in [-0.1, -0.05) is 6.07 Å². The smallest absolute Gasteiger partial charge is 0.311 e. The summed E-state index contributed by atoms with van der Waals surface area (Å²) in [6.45, 7) is 1.95. The summed E-state index contributed by atoms with van der Waals surface area (Å²) in [5.41, 5.74) is 1.76. The topological polar surface area (TPSA) is 72.3 Å². The second kappa shape index (κ2) is 4.37. The van der Waals surface area contributed by atoms with E-state index in [0.29, 0.717) is 11.4 Å². The number of aryl methyl sites for hydroxylation is 1. The molecule has 2 rings (SSSR count). The molecule has 0 aliphatic heterocycles. The minimum atomic E-state index is -0.959. The number of benzene rings is 1. The molecule has 0 fully saturated rings. The number of fused-ring (bicyclic) bond motifs is 1. The lowest BCUT2D eigenvalue weighted by Gasteiger charge is -2.06. The maximum Gasteiger partial charge on any atom is 0.311 e. The number of methoxy groups -OCH3 is 1. The number of hydrogen-bond donors (Lipinski definition) is 1. The lowest BCUT2D eigenvalue weighted by molar-refractivity contribution is -0.136. The zero-order valence-corrected chi connectivity index (χ0v) is 9.60. The van der Waals surface area contributed by atoms with Gasteiger partial charge in [0.25, 0.3) is 0 Å². The Hall–Kier alpha value is -2.17. The van der Waals surface area contributed by atoms with Crippen LogP contribution in [0.2, 0.25) is 0 Å². The first-order chi connectivity index (χ1) is 8.10. The SMILES string of the molecule is COc1nc(CC(=O)O)nc2cc(C)ccc12. The van der Waals surface area contributed by atoms with Crippen molar-refractivity contribution >= 4 is 16.9 Å². The van der Waals surface area contributed by atoms with E-state index in [-0.39, 0.29) is 12.2 Å². The fourth-order valence-corrected chi connectivity index (χ4v) is 1.63. The first kappa shape index (κ1) is 11.3. The van der Waals surface area contributed by atoms with Gasteiger partial charge in [0, 0.05) is 0 Å². The number of hydrogen-bond acceptors (Lipinski definition) is 4. The van der Waals surface area contributed by atoms with Crippen molar-refractivity contribution in [1.82, 2.24) is 9.97 Å². The number of rotatable bonds is 3. The Morgan fingerprint density at radius 2 is 2.18 bits per heavy atom. The van der Waals surface area contributed by atoms with Crippen LogP contribution in [-0.4, -0.2) is 28.2 Å². The minimum absolute atomic E-state index is 0.208. The lowest BCUT2D eigenvalue weighted by atomic mass is 10.1. The maximum absolute atomic E-state index is 10.7. The standard InChI is InChI=1S/C12H12N2O3/c1-7-3-4-8-9(5-7)13-10(6-11(15)16)14-12(8)17-2/h3-5H,6H2,1-2H3,(H,15,16). The summed E-state index contributed by atoms with van der Waals surface area (Å²) in [6.07, 6.45) is -0.208. The molecule has 0 saturated heterocycles. The number of carboxylic acid groups (broad SMARTS) is 1. The van der Waals surface area contributed by atoms with Crippen LogP contribution < -0.4 is 4.74 Å². The van der Waals surface area contributed by atoms with Crippen molar-refractivity contribution in [2.24, 2.45) is 0 Å². The Labute approximate surface area is 98.1 Å². The molecule has 1 aromatic heterocycles. The van der Waals surface area contributed by atoms with Crippen molar-refractivity contribution in [3.8, 4) is 5.88 Å². The normalized spacial score (nSPS) is 10.5. The molecule has 5 nitrogen and oxygen atoms in total. The van der Waals surface area contributed by atoms with Crippen molar-refractivity contribution in [2.75, 3.05) is 7.11 Å². The first-order valence-electron chi connectivity index (χ1n) is 5.13. The van der Waals surface area contributed by atoms with Crippen LogP contribution in [0.4, 0.5) is 0 Å². The number of ether oxygens (including phenoxy) is 1. The van der Waals surface area contributed by atoms with Crippen LogP contribution in [0.3, 0.4) is 0 Å². The molecule has 0 atom stereocenters. The van der Waals surface area contributed by atoms with Gasteiger partial charge in [-0.25, -0.2) is 4.98 Å². The van der Waals surface area contributed by atoms with Crippen molar-refractivity contribution in [2.45, 2.75) is 13.3 Å². The van der Waals surface area contributed by atoms with E-state index in [9.17, 15) is 4.79 Å². The molecule has 17 heavy (non-hydrogen) atoms. The molecule has 0 spiro atoms. The molecular formula is C12H12N2O3. The van der Waals surface area contributed by atoms with E-state index in [1.807, 2.05) is 25.1 Å². The second-order valence-electron chi connectivity index (χ2n) is 3.74. The van der Waals surface area contributed by atoms with E-state index in [0.717, 1.165) is 10.9 Å². The highest BCUT2D eigenvalue weighted by Gasteiger charge is 2.10. The van der Waals surface area contributed by atoms with E-state index in [4.69, 9.17) is 9.84 Å². The van der Waals surface area contributed by atoms with Crippen molar-refractivity contribution in [3.63, 3.8) is 0 Å². The summed E-state index contributed by atoms with van der Waals surface area (Å²) >= 11 is 0. The van der Waals surface area contributed by atoms with Gasteiger partial charge in [-0.2, -0.15) is 4.98 Å². The summed E-state index contributed by atoms with van der Waals surface area (Å²) in [7, 11) is 1.51. The molecule has 1 heterocycles. The van der Waals surface area contributed by atoms with E-state index in [1.165, 1.54) is 7.11 Å². The maximum atomic E-state index is 10.7. The molecule has 0 saturated carbocycles. The van der Waals surface area contributed by atoms with E-state index >= 15 is 0 Å². The predicted octanol–water partition coefficient (Wildman–Crippen LogP) is 1.57. The van der Waals surface area contributed by atoms with E-state index in [1.54, 1.807) is 0 Å².